The fourth-order valence-corrected chi connectivity index (χ4v) is 1.92. The van der Waals surface area contributed by atoms with E-state index in [2.05, 4.69) is 0 Å². The molecule has 1 rings (SSSR count). The molecular weight excluding hydrogens is 220 g/mol. The van der Waals surface area contributed by atoms with Crippen molar-refractivity contribution in [1.82, 2.24) is 0 Å². The topological polar surface area (TPSA) is 66.8 Å². The molecule has 3 atom stereocenters. The SMILES string of the molecule is CC(=O)C=CC1OC(C)(C)C(O)CCC1(C)O. The third-order valence-corrected chi connectivity index (χ3v) is 3.28. The Morgan fingerprint density at radius 1 is 1.41 bits per heavy atom. The van der Waals surface area contributed by atoms with Crippen molar-refractivity contribution in [2.24, 2.45) is 0 Å². The van der Waals surface area contributed by atoms with E-state index in [1.807, 2.05) is 0 Å². The van der Waals surface area contributed by atoms with Crippen LogP contribution in [0.5, 0.6) is 0 Å². The van der Waals surface area contributed by atoms with Crippen LogP contribution in [0, 0.1) is 0 Å². The van der Waals surface area contributed by atoms with Crippen molar-refractivity contribution in [3.63, 3.8) is 0 Å². The highest BCUT2D eigenvalue weighted by Gasteiger charge is 2.42. The maximum atomic E-state index is 10.9. The number of ketones is 1. The first kappa shape index (κ1) is 14.4. The fourth-order valence-electron chi connectivity index (χ4n) is 1.92. The van der Waals surface area contributed by atoms with Gasteiger partial charge in [0.15, 0.2) is 5.78 Å². The minimum atomic E-state index is -1.07. The van der Waals surface area contributed by atoms with Crippen LogP contribution in [0.1, 0.15) is 40.5 Å². The van der Waals surface area contributed by atoms with Gasteiger partial charge in [0, 0.05) is 0 Å². The standard InChI is InChI=1S/C13H22O4/c1-9(14)5-6-11-13(4,16)8-7-10(15)12(2,3)17-11/h5-6,10-11,15-16H,7-8H2,1-4H3. The molecular formula is C13H22O4. The summed E-state index contributed by atoms with van der Waals surface area (Å²) < 4.78 is 5.74. The Morgan fingerprint density at radius 3 is 2.53 bits per heavy atom. The number of carbonyl (C=O) groups excluding carboxylic acids is 1. The Balaban J connectivity index is 2.94. The molecule has 0 aromatic carbocycles. The Kier molecular flexibility index (Phi) is 4.12. The quantitative estimate of drug-likeness (QED) is 0.714. The Labute approximate surface area is 102 Å². The van der Waals surface area contributed by atoms with E-state index in [9.17, 15) is 15.0 Å². The summed E-state index contributed by atoms with van der Waals surface area (Å²) in [6.45, 7) is 6.68. The highest BCUT2D eigenvalue weighted by atomic mass is 16.5. The summed E-state index contributed by atoms with van der Waals surface area (Å²) in [7, 11) is 0. The Bertz CT molecular complexity index is 317. The molecule has 1 heterocycles. The van der Waals surface area contributed by atoms with E-state index in [0.717, 1.165) is 0 Å². The molecule has 0 aromatic heterocycles. The van der Waals surface area contributed by atoms with Crippen molar-refractivity contribution in [2.45, 2.75) is 63.9 Å². The molecule has 17 heavy (non-hydrogen) atoms. The lowest BCUT2D eigenvalue weighted by molar-refractivity contribution is -0.150. The lowest BCUT2D eigenvalue weighted by atomic mass is 9.91. The number of hydrogen-bond acceptors (Lipinski definition) is 4. The average molecular weight is 242 g/mol. The van der Waals surface area contributed by atoms with Crippen LogP contribution in [-0.2, 0) is 9.53 Å². The predicted molar refractivity (Wildman–Crippen MR) is 64.6 cm³/mol. The molecule has 3 unspecified atom stereocenters. The van der Waals surface area contributed by atoms with Gasteiger partial charge in [0.25, 0.3) is 0 Å². The van der Waals surface area contributed by atoms with Gasteiger partial charge in [0.05, 0.1) is 17.3 Å². The van der Waals surface area contributed by atoms with Gasteiger partial charge in [-0.1, -0.05) is 0 Å². The van der Waals surface area contributed by atoms with Crippen LogP contribution in [0.2, 0.25) is 0 Å². The second-order valence-corrected chi connectivity index (χ2v) is 5.52. The van der Waals surface area contributed by atoms with Crippen molar-refractivity contribution in [3.05, 3.63) is 12.2 Å². The third-order valence-electron chi connectivity index (χ3n) is 3.28. The van der Waals surface area contributed by atoms with Crippen LogP contribution >= 0.6 is 0 Å². The summed E-state index contributed by atoms with van der Waals surface area (Å²) >= 11 is 0. The average Bonchev–Trinajstić information content (AvgIpc) is 2.26. The number of hydrogen-bond donors (Lipinski definition) is 2. The molecule has 1 aliphatic heterocycles. The summed E-state index contributed by atoms with van der Waals surface area (Å²) in [6, 6.07) is 0. The second kappa shape index (κ2) is 4.88. The molecule has 4 heteroatoms. The van der Waals surface area contributed by atoms with E-state index in [1.54, 1.807) is 26.8 Å². The summed E-state index contributed by atoms with van der Waals surface area (Å²) in [6.07, 6.45) is 2.67. The minimum Gasteiger partial charge on any atom is -0.390 e. The van der Waals surface area contributed by atoms with Crippen molar-refractivity contribution in [1.29, 1.82) is 0 Å². The summed E-state index contributed by atoms with van der Waals surface area (Å²) in [4.78, 5) is 10.9. The zero-order valence-electron chi connectivity index (χ0n) is 10.9. The molecule has 1 aliphatic rings. The zero-order valence-corrected chi connectivity index (χ0v) is 10.9. The maximum absolute atomic E-state index is 10.9. The molecule has 0 radical (unpaired) electrons. The molecule has 0 spiro atoms. The van der Waals surface area contributed by atoms with E-state index in [-0.39, 0.29) is 5.78 Å². The van der Waals surface area contributed by atoms with Gasteiger partial charge in [-0.05, 0) is 52.7 Å². The fraction of sp³-hybridized carbons (Fsp3) is 0.769. The van der Waals surface area contributed by atoms with E-state index in [4.69, 9.17) is 4.74 Å². The van der Waals surface area contributed by atoms with Crippen molar-refractivity contribution in [3.8, 4) is 0 Å². The van der Waals surface area contributed by atoms with Gasteiger partial charge in [-0.25, -0.2) is 0 Å². The van der Waals surface area contributed by atoms with Crippen LogP contribution in [0.15, 0.2) is 12.2 Å². The van der Waals surface area contributed by atoms with Gasteiger partial charge in [0.2, 0.25) is 0 Å². The first-order chi connectivity index (χ1) is 7.65. The zero-order chi connectivity index (χ0) is 13.3. The first-order valence-corrected chi connectivity index (χ1v) is 5.92. The van der Waals surface area contributed by atoms with Crippen LogP contribution in [-0.4, -0.2) is 39.4 Å². The van der Waals surface area contributed by atoms with Gasteiger partial charge in [-0.3, -0.25) is 4.79 Å². The van der Waals surface area contributed by atoms with Crippen LogP contribution in [0.3, 0.4) is 0 Å². The molecule has 0 aromatic rings. The molecule has 0 amide bonds. The smallest absolute Gasteiger partial charge is 0.152 e. The number of aliphatic hydroxyl groups is 2. The highest BCUT2D eigenvalue weighted by Crippen LogP contribution is 2.33. The number of carbonyl (C=O) groups is 1. The van der Waals surface area contributed by atoms with Gasteiger partial charge >= 0.3 is 0 Å². The lowest BCUT2D eigenvalue weighted by Crippen LogP contribution is -2.44. The van der Waals surface area contributed by atoms with Gasteiger partial charge < -0.3 is 14.9 Å². The van der Waals surface area contributed by atoms with Gasteiger partial charge in [-0.2, -0.15) is 0 Å². The normalized spacial score (nSPS) is 38.0. The monoisotopic (exact) mass is 242 g/mol. The lowest BCUT2D eigenvalue weighted by Gasteiger charge is -2.34. The first-order valence-electron chi connectivity index (χ1n) is 5.92. The molecule has 0 bridgehead atoms. The number of allylic oxidation sites excluding steroid dienone is 1. The Morgan fingerprint density at radius 2 is 2.00 bits per heavy atom. The Hall–Kier alpha value is -0.710. The molecule has 1 saturated heterocycles. The number of aliphatic hydroxyl groups excluding tert-OH is 1. The highest BCUT2D eigenvalue weighted by molar-refractivity contribution is 5.87. The van der Waals surface area contributed by atoms with Crippen molar-refractivity contribution in [2.75, 3.05) is 0 Å². The van der Waals surface area contributed by atoms with Gasteiger partial charge in [-0.15, -0.1) is 0 Å². The molecule has 98 valence electrons. The molecule has 0 aliphatic carbocycles. The van der Waals surface area contributed by atoms with Crippen molar-refractivity contribution < 1.29 is 19.7 Å². The summed E-state index contributed by atoms with van der Waals surface area (Å²) in [5.41, 5.74) is -1.80. The van der Waals surface area contributed by atoms with Crippen LogP contribution in [0.25, 0.3) is 0 Å². The molecule has 2 N–H and O–H groups in total. The van der Waals surface area contributed by atoms with Crippen molar-refractivity contribution >= 4 is 5.78 Å². The third kappa shape index (κ3) is 3.63. The number of rotatable bonds is 2. The minimum absolute atomic E-state index is 0.0907. The molecule has 4 nitrogen and oxygen atoms in total. The van der Waals surface area contributed by atoms with Gasteiger partial charge in [0.1, 0.15) is 6.10 Å². The summed E-state index contributed by atoms with van der Waals surface area (Å²) in [5.74, 6) is -0.0907. The van der Waals surface area contributed by atoms with E-state index >= 15 is 0 Å². The van der Waals surface area contributed by atoms with E-state index in [0.29, 0.717) is 12.8 Å². The maximum Gasteiger partial charge on any atom is 0.152 e. The number of ether oxygens (including phenoxy) is 1. The van der Waals surface area contributed by atoms with E-state index in [1.165, 1.54) is 13.0 Å². The molecule has 1 fully saturated rings. The largest absolute Gasteiger partial charge is 0.390 e. The second-order valence-electron chi connectivity index (χ2n) is 5.52. The van der Waals surface area contributed by atoms with Crippen LogP contribution in [0.4, 0.5) is 0 Å². The predicted octanol–water partition coefficient (Wildman–Crippen LogP) is 1.20. The van der Waals surface area contributed by atoms with Crippen LogP contribution < -0.4 is 0 Å². The summed E-state index contributed by atoms with van der Waals surface area (Å²) in [5, 5.41) is 20.2. The molecule has 0 saturated carbocycles. The van der Waals surface area contributed by atoms with E-state index < -0.39 is 23.4 Å².